The average Bonchev–Trinajstić information content (AvgIpc) is 2.23. The lowest BCUT2D eigenvalue weighted by Gasteiger charge is -2.16. The van der Waals surface area contributed by atoms with Crippen molar-refractivity contribution >= 4 is 12.4 Å². The Balaban J connectivity index is 2.63. The molecule has 0 radical (unpaired) electrons. The van der Waals surface area contributed by atoms with Crippen molar-refractivity contribution in [2.24, 2.45) is 0 Å². The van der Waals surface area contributed by atoms with Gasteiger partial charge >= 0.3 is 13.2 Å². The molecule has 0 spiro atoms. The Bertz CT molecular complexity index is 427. The van der Waals surface area contributed by atoms with Crippen molar-refractivity contribution in [3.8, 4) is 5.75 Å². The number of halogens is 7. The predicted molar refractivity (Wildman–Crippen MR) is 55.9 cm³/mol. The molecule has 0 aliphatic carbocycles. The molecule has 0 unspecified atom stereocenters. The summed E-state index contributed by atoms with van der Waals surface area (Å²) < 4.78 is 90.3. The average molecular weight is 289 g/mol. The van der Waals surface area contributed by atoms with Crippen LogP contribution in [0.4, 0.5) is 30.5 Å². The molecule has 0 aromatic heterocycles. The van der Waals surface area contributed by atoms with Crippen LogP contribution in [-0.2, 0) is 0 Å². The lowest BCUT2D eigenvalue weighted by atomic mass is 9.80. The van der Waals surface area contributed by atoms with Crippen molar-refractivity contribution in [1.82, 2.24) is 0 Å². The lowest BCUT2D eigenvalue weighted by Crippen LogP contribution is -2.34. The maximum absolute atomic E-state index is 13.1. The first-order chi connectivity index (χ1) is 8.59. The summed E-state index contributed by atoms with van der Waals surface area (Å²) in [7, 11) is 0. The van der Waals surface area contributed by atoms with Crippen LogP contribution >= 0.6 is 0 Å². The van der Waals surface area contributed by atoms with Gasteiger partial charge in [-0.05, 0) is 18.6 Å². The molecule has 0 bridgehead atoms. The number of ether oxygens (including phenoxy) is 1. The fourth-order valence-corrected chi connectivity index (χ4v) is 1.29. The smallest absolute Gasteiger partial charge is 0.491 e. The Labute approximate surface area is 104 Å². The second kappa shape index (κ2) is 5.71. The molecule has 0 aliphatic heterocycles. The summed E-state index contributed by atoms with van der Waals surface area (Å²) in [6, 6.07) is 1.57. The molecular weight excluding hydrogens is 280 g/mol. The van der Waals surface area contributed by atoms with E-state index in [2.05, 4.69) is 4.74 Å². The van der Waals surface area contributed by atoms with E-state index in [-0.39, 0.29) is 0 Å². The molecular formula is C10H9BF7O-. The second-order valence-corrected chi connectivity index (χ2v) is 3.83. The van der Waals surface area contributed by atoms with E-state index in [0.29, 0.717) is 18.2 Å². The topological polar surface area (TPSA) is 9.23 Å². The van der Waals surface area contributed by atoms with E-state index in [1.165, 1.54) is 0 Å². The zero-order chi connectivity index (χ0) is 14.7. The van der Waals surface area contributed by atoms with E-state index in [4.69, 9.17) is 0 Å². The third-order valence-electron chi connectivity index (χ3n) is 2.20. The molecule has 108 valence electrons. The lowest BCUT2D eigenvalue weighted by molar-refractivity contribution is -0.136. The molecule has 0 N–H and O–H groups in total. The first-order valence-corrected chi connectivity index (χ1v) is 5.28. The normalized spacial score (nSPS) is 12.6. The van der Waals surface area contributed by atoms with Crippen LogP contribution in [0.2, 0.25) is 0 Å². The van der Waals surface area contributed by atoms with Gasteiger partial charge in [0.25, 0.3) is 0 Å². The standard InChI is InChI=1S/C10H9BF7O/c12-8-3-2-7(11(16,17)18)6-9(8)19-5-1-4-10(13,14)15/h2-3,6H,1,4-5H2/q-1. The fraction of sp³-hybridized carbons (Fsp3) is 0.400. The van der Waals surface area contributed by atoms with Crippen LogP contribution in [0.3, 0.4) is 0 Å². The van der Waals surface area contributed by atoms with Gasteiger partial charge in [0.05, 0.1) is 6.61 Å². The molecule has 1 aromatic carbocycles. The van der Waals surface area contributed by atoms with Gasteiger partial charge in [-0.25, -0.2) is 4.39 Å². The van der Waals surface area contributed by atoms with Crippen LogP contribution in [0.5, 0.6) is 5.75 Å². The summed E-state index contributed by atoms with van der Waals surface area (Å²) in [5.41, 5.74) is -1.06. The van der Waals surface area contributed by atoms with Gasteiger partial charge in [0, 0.05) is 6.42 Å². The zero-order valence-electron chi connectivity index (χ0n) is 9.48. The third-order valence-corrected chi connectivity index (χ3v) is 2.20. The van der Waals surface area contributed by atoms with Crippen LogP contribution in [-0.4, -0.2) is 19.8 Å². The Morgan fingerprint density at radius 2 is 1.74 bits per heavy atom. The molecule has 0 saturated heterocycles. The molecule has 19 heavy (non-hydrogen) atoms. The number of alkyl halides is 3. The minimum atomic E-state index is -5.31. The summed E-state index contributed by atoms with van der Waals surface area (Å²) in [6.07, 6.45) is -5.97. The SMILES string of the molecule is Fc1ccc([B-](F)(F)F)cc1OCCCC(F)(F)F. The fourth-order valence-electron chi connectivity index (χ4n) is 1.29. The quantitative estimate of drug-likeness (QED) is 0.457. The van der Waals surface area contributed by atoms with Gasteiger partial charge in [-0.1, -0.05) is 6.07 Å². The number of benzene rings is 1. The molecule has 0 fully saturated rings. The summed E-state index contributed by atoms with van der Waals surface area (Å²) >= 11 is 0. The number of rotatable bonds is 5. The molecule has 9 heteroatoms. The monoisotopic (exact) mass is 289 g/mol. The Hall–Kier alpha value is -1.41. The highest BCUT2D eigenvalue weighted by Gasteiger charge is 2.27. The van der Waals surface area contributed by atoms with Crippen LogP contribution in [0, 0.1) is 5.82 Å². The molecule has 1 nitrogen and oxygen atoms in total. The summed E-state index contributed by atoms with van der Waals surface area (Å²) in [6.45, 7) is -5.82. The molecule has 0 amide bonds. The third kappa shape index (κ3) is 5.40. The van der Waals surface area contributed by atoms with Crippen molar-refractivity contribution in [2.75, 3.05) is 6.61 Å². The Morgan fingerprint density at radius 1 is 1.11 bits per heavy atom. The van der Waals surface area contributed by atoms with E-state index in [9.17, 15) is 30.5 Å². The second-order valence-electron chi connectivity index (χ2n) is 3.83. The molecule has 0 aliphatic rings. The van der Waals surface area contributed by atoms with Gasteiger partial charge in [-0.3, -0.25) is 0 Å². The van der Waals surface area contributed by atoms with Gasteiger partial charge in [0.1, 0.15) is 0 Å². The van der Waals surface area contributed by atoms with E-state index in [1.807, 2.05) is 0 Å². The van der Waals surface area contributed by atoms with E-state index < -0.39 is 49.6 Å². The Kier molecular flexibility index (Phi) is 4.70. The minimum Gasteiger partial charge on any atom is -0.491 e. The van der Waals surface area contributed by atoms with Crippen molar-refractivity contribution in [3.05, 3.63) is 24.0 Å². The maximum Gasteiger partial charge on any atom is 0.509 e. The van der Waals surface area contributed by atoms with Crippen molar-refractivity contribution in [1.29, 1.82) is 0 Å². The van der Waals surface area contributed by atoms with Crippen LogP contribution < -0.4 is 10.2 Å². The van der Waals surface area contributed by atoms with E-state index >= 15 is 0 Å². The highest BCUT2D eigenvalue weighted by atomic mass is 19.4. The predicted octanol–water partition coefficient (Wildman–Crippen LogP) is 3.60. The summed E-state index contributed by atoms with van der Waals surface area (Å²) in [5, 5.41) is 0. The molecule has 1 aromatic rings. The largest absolute Gasteiger partial charge is 0.509 e. The van der Waals surface area contributed by atoms with Crippen LogP contribution in [0.1, 0.15) is 12.8 Å². The number of hydrogen-bond donors (Lipinski definition) is 0. The molecule has 0 atom stereocenters. The van der Waals surface area contributed by atoms with Gasteiger partial charge in [0.2, 0.25) is 0 Å². The summed E-state index contributed by atoms with van der Waals surface area (Å²) in [5.74, 6) is -1.74. The van der Waals surface area contributed by atoms with Crippen molar-refractivity contribution < 1.29 is 35.2 Å². The van der Waals surface area contributed by atoms with Gasteiger partial charge in [-0.2, -0.15) is 13.2 Å². The van der Waals surface area contributed by atoms with E-state index in [1.54, 1.807) is 0 Å². The maximum atomic E-state index is 13.1. The molecule has 0 heterocycles. The Morgan fingerprint density at radius 3 is 2.26 bits per heavy atom. The van der Waals surface area contributed by atoms with Gasteiger partial charge < -0.3 is 17.7 Å². The molecule has 0 saturated carbocycles. The first kappa shape index (κ1) is 15.7. The summed E-state index contributed by atoms with van der Waals surface area (Å²) in [4.78, 5) is 0. The van der Waals surface area contributed by atoms with Crippen molar-refractivity contribution in [2.45, 2.75) is 19.0 Å². The van der Waals surface area contributed by atoms with Gasteiger partial charge in [-0.15, -0.1) is 5.46 Å². The zero-order valence-corrected chi connectivity index (χ0v) is 9.48. The highest BCUT2D eigenvalue weighted by molar-refractivity contribution is 6.73. The molecule has 1 rings (SSSR count). The first-order valence-electron chi connectivity index (χ1n) is 5.28. The number of hydrogen-bond acceptors (Lipinski definition) is 1. The minimum absolute atomic E-state index is 0.447. The van der Waals surface area contributed by atoms with Crippen molar-refractivity contribution in [3.63, 3.8) is 0 Å². The highest BCUT2D eigenvalue weighted by Crippen LogP contribution is 2.22. The van der Waals surface area contributed by atoms with Crippen LogP contribution in [0.25, 0.3) is 0 Å². The van der Waals surface area contributed by atoms with Gasteiger partial charge in [0.15, 0.2) is 11.6 Å². The van der Waals surface area contributed by atoms with Crippen LogP contribution in [0.15, 0.2) is 18.2 Å². The van der Waals surface area contributed by atoms with E-state index in [0.717, 1.165) is 0 Å².